The van der Waals surface area contributed by atoms with Gasteiger partial charge in [0.05, 0.1) is 44.4 Å². The molecular formula is C25H46O10S8. The summed E-state index contributed by atoms with van der Waals surface area (Å²) in [5.41, 5.74) is 0. The van der Waals surface area contributed by atoms with Gasteiger partial charge in [-0.15, -0.1) is 47.0 Å². The molecule has 0 saturated carbocycles. The van der Waals surface area contributed by atoms with Gasteiger partial charge in [0.1, 0.15) is 19.8 Å². The third kappa shape index (κ3) is 37.4. The first-order valence-corrected chi connectivity index (χ1v) is 22.9. The number of aliphatic hydroxyl groups is 2. The molecule has 0 aliphatic rings. The van der Waals surface area contributed by atoms with E-state index in [0.717, 1.165) is 44.7 Å². The van der Waals surface area contributed by atoms with Crippen molar-refractivity contribution < 1.29 is 48.6 Å². The molecule has 0 aromatic carbocycles. The van der Waals surface area contributed by atoms with E-state index in [4.69, 9.17) is 34.2 Å². The van der Waals surface area contributed by atoms with E-state index < -0.39 is 0 Å². The van der Waals surface area contributed by atoms with Gasteiger partial charge in [-0.05, 0) is 12.2 Å². The molecule has 0 atom stereocenters. The molecule has 43 heavy (non-hydrogen) atoms. The van der Waals surface area contributed by atoms with Gasteiger partial charge >= 0.3 is 17.9 Å². The zero-order chi connectivity index (χ0) is 31.5. The Hall–Kier alpha value is 1.05. The summed E-state index contributed by atoms with van der Waals surface area (Å²) in [6.45, 7) is 2.18. The summed E-state index contributed by atoms with van der Waals surface area (Å²) >= 11 is 13.0. The molecule has 0 aliphatic heterocycles. The highest BCUT2D eigenvalue weighted by atomic mass is 32.2. The summed E-state index contributed by atoms with van der Waals surface area (Å²) in [5, 5.41) is 19.9. The Kier molecular flexibility index (Phi) is 38.4. The summed E-state index contributed by atoms with van der Waals surface area (Å²) in [6, 6.07) is 0. The van der Waals surface area contributed by atoms with Crippen molar-refractivity contribution in [2.45, 2.75) is 25.7 Å². The van der Waals surface area contributed by atoms with Crippen LogP contribution in [-0.2, 0) is 38.4 Å². The first kappa shape index (κ1) is 44.0. The van der Waals surface area contributed by atoms with Gasteiger partial charge in [0.25, 0.3) is 0 Å². The third-order valence-corrected chi connectivity index (χ3v) is 12.7. The number of rotatable bonds is 34. The lowest BCUT2D eigenvalue weighted by molar-refractivity contribution is -0.289. The van der Waals surface area contributed by atoms with E-state index in [1.165, 1.54) is 23.5 Å². The Labute approximate surface area is 290 Å². The van der Waals surface area contributed by atoms with Crippen LogP contribution < -0.4 is 0 Å². The lowest BCUT2D eigenvalue weighted by atomic mass is 10.5. The van der Waals surface area contributed by atoms with Crippen LogP contribution in [0, 0.1) is 0 Å². The van der Waals surface area contributed by atoms with Crippen molar-refractivity contribution in [1.82, 2.24) is 0 Å². The highest BCUT2D eigenvalue weighted by Crippen LogP contribution is 2.16. The zero-order valence-electron chi connectivity index (χ0n) is 24.5. The SMILES string of the molecule is O=C(CCSCSCCCOOCCSCSCCOC(=O)CCSCSCCC(=O)OCCSCO)OCCSCO. The van der Waals surface area contributed by atoms with E-state index in [9.17, 15) is 14.4 Å². The van der Waals surface area contributed by atoms with Crippen LogP contribution in [0.2, 0.25) is 0 Å². The molecule has 0 aromatic rings. The fraction of sp³-hybridized carbons (Fsp3) is 0.880. The van der Waals surface area contributed by atoms with Gasteiger partial charge in [0.2, 0.25) is 0 Å². The van der Waals surface area contributed by atoms with Crippen LogP contribution >= 0.6 is 94.1 Å². The molecule has 0 saturated heterocycles. The summed E-state index contributed by atoms with van der Waals surface area (Å²) in [5.74, 6) is 5.43. The molecule has 0 radical (unpaired) electrons. The predicted octanol–water partition coefficient (Wildman–Crippen LogP) is 4.76. The molecule has 18 heteroatoms. The maximum atomic E-state index is 11.8. The number of ether oxygens (including phenoxy) is 3. The minimum absolute atomic E-state index is 0.0340. The van der Waals surface area contributed by atoms with Crippen LogP contribution in [0.15, 0.2) is 0 Å². The van der Waals surface area contributed by atoms with Gasteiger partial charge in [-0.2, -0.15) is 47.0 Å². The molecule has 0 rings (SSSR count). The molecule has 0 amide bonds. The van der Waals surface area contributed by atoms with E-state index in [-0.39, 0.29) is 29.8 Å². The molecule has 0 heterocycles. The monoisotopic (exact) mass is 762 g/mol. The van der Waals surface area contributed by atoms with Crippen LogP contribution in [0.25, 0.3) is 0 Å². The fourth-order valence-corrected chi connectivity index (χ4v) is 8.96. The molecule has 0 unspecified atom stereocenters. The van der Waals surface area contributed by atoms with Crippen molar-refractivity contribution in [3.63, 3.8) is 0 Å². The number of hydrogen-bond acceptors (Lipinski definition) is 18. The summed E-state index contributed by atoms with van der Waals surface area (Å²) < 4.78 is 15.4. The Balaban J connectivity index is 3.23. The smallest absolute Gasteiger partial charge is 0.306 e. The van der Waals surface area contributed by atoms with E-state index in [0.29, 0.717) is 75.3 Å². The summed E-state index contributed by atoms with van der Waals surface area (Å²) in [6.07, 6.45) is 2.07. The van der Waals surface area contributed by atoms with E-state index in [1.807, 2.05) is 11.8 Å². The number of thioether (sulfide) groups is 8. The molecule has 0 aromatic heterocycles. The van der Waals surface area contributed by atoms with Gasteiger partial charge < -0.3 is 24.4 Å². The Bertz CT molecular complexity index is 655. The Morgan fingerprint density at radius 2 is 0.767 bits per heavy atom. The third-order valence-electron chi connectivity index (χ3n) is 4.42. The quantitative estimate of drug-likeness (QED) is 0.0232. The van der Waals surface area contributed by atoms with E-state index in [1.54, 1.807) is 58.8 Å². The molecule has 2 N–H and O–H groups in total. The second-order valence-corrected chi connectivity index (χ2v) is 17.7. The highest BCUT2D eigenvalue weighted by molar-refractivity contribution is 8.16. The second kappa shape index (κ2) is 37.5. The van der Waals surface area contributed by atoms with E-state index >= 15 is 0 Å². The number of carbonyl (C=O) groups is 3. The normalized spacial score (nSPS) is 11.0. The predicted molar refractivity (Wildman–Crippen MR) is 192 cm³/mol. The molecule has 254 valence electrons. The van der Waals surface area contributed by atoms with Crippen LogP contribution in [0.3, 0.4) is 0 Å². The van der Waals surface area contributed by atoms with Crippen molar-refractivity contribution in [3.8, 4) is 0 Å². The van der Waals surface area contributed by atoms with Crippen LogP contribution in [-0.4, -0.2) is 134 Å². The van der Waals surface area contributed by atoms with Crippen LogP contribution in [0.1, 0.15) is 25.7 Å². The van der Waals surface area contributed by atoms with Gasteiger partial charge in [-0.1, -0.05) is 0 Å². The number of esters is 3. The molecular weight excluding hydrogens is 717 g/mol. The first-order chi connectivity index (χ1) is 21.1. The molecule has 0 aliphatic carbocycles. The molecule has 0 fully saturated rings. The average molecular weight is 763 g/mol. The van der Waals surface area contributed by atoms with Crippen LogP contribution in [0.4, 0.5) is 0 Å². The van der Waals surface area contributed by atoms with Gasteiger partial charge in [-0.25, -0.2) is 9.78 Å². The lowest BCUT2D eigenvalue weighted by Gasteiger charge is -2.06. The second-order valence-electron chi connectivity index (χ2n) is 7.79. The van der Waals surface area contributed by atoms with E-state index in [2.05, 4.69) is 0 Å². The van der Waals surface area contributed by atoms with Crippen molar-refractivity contribution in [1.29, 1.82) is 0 Å². The highest BCUT2D eigenvalue weighted by Gasteiger charge is 2.06. The van der Waals surface area contributed by atoms with Crippen molar-refractivity contribution >= 4 is 112 Å². The van der Waals surface area contributed by atoms with Crippen LogP contribution in [0.5, 0.6) is 0 Å². The number of hydrogen-bond donors (Lipinski definition) is 2. The van der Waals surface area contributed by atoms with Crippen molar-refractivity contribution in [2.24, 2.45) is 0 Å². The standard InChI is InChI=1S/C25H46O10S8/c26-18-36-14-6-31-23(28)2-11-39-20-38-10-1-5-34-35-9-17-43-22-42-16-8-33-25(30)4-13-41-21-40-12-3-24(29)32-7-15-37-19-27/h26-27H,1-22H2. The lowest BCUT2D eigenvalue weighted by Crippen LogP contribution is -2.09. The average Bonchev–Trinajstić information content (AvgIpc) is 3.00. The molecule has 10 nitrogen and oxygen atoms in total. The molecule has 0 bridgehead atoms. The minimum atomic E-state index is -0.219. The van der Waals surface area contributed by atoms with Crippen molar-refractivity contribution in [2.75, 3.05) is 106 Å². The minimum Gasteiger partial charge on any atom is -0.465 e. The largest absolute Gasteiger partial charge is 0.465 e. The van der Waals surface area contributed by atoms with Gasteiger partial charge in [0, 0.05) is 55.5 Å². The van der Waals surface area contributed by atoms with Gasteiger partial charge in [-0.3, -0.25) is 14.4 Å². The van der Waals surface area contributed by atoms with Crippen molar-refractivity contribution in [3.05, 3.63) is 0 Å². The summed E-state index contributed by atoms with van der Waals surface area (Å²) in [7, 11) is 0. The molecule has 0 spiro atoms. The Morgan fingerprint density at radius 3 is 1.21 bits per heavy atom. The first-order valence-electron chi connectivity index (χ1n) is 13.6. The summed E-state index contributed by atoms with van der Waals surface area (Å²) in [4.78, 5) is 45.2. The topological polar surface area (TPSA) is 138 Å². The number of aliphatic hydroxyl groups excluding tert-OH is 2. The van der Waals surface area contributed by atoms with Gasteiger partial charge in [0.15, 0.2) is 0 Å². The Morgan fingerprint density at radius 1 is 0.419 bits per heavy atom. The number of carbonyl (C=O) groups excluding carboxylic acids is 3. The zero-order valence-corrected chi connectivity index (χ0v) is 31.0. The maximum Gasteiger partial charge on any atom is 0.306 e. The maximum absolute atomic E-state index is 11.8. The fourth-order valence-electron chi connectivity index (χ4n) is 2.42.